The smallest absolute Gasteiger partial charge is 0.237 e. The number of nitrogens with two attached hydrogens (primary N) is 1. The van der Waals surface area contributed by atoms with Crippen LogP contribution in [0.15, 0.2) is 48.5 Å². The lowest BCUT2D eigenvalue weighted by Crippen LogP contribution is -2.42. The molecule has 0 radical (unpaired) electrons. The molecule has 0 unspecified atom stereocenters. The molecule has 144 valence electrons. The van der Waals surface area contributed by atoms with E-state index in [-0.39, 0.29) is 11.8 Å². The SMILES string of the molecule is COc1cc(CN2CCC(C(=O)NN)CC2)ccc1OCc1ccccc1. The molecule has 0 atom stereocenters. The van der Waals surface area contributed by atoms with Crippen molar-refractivity contribution in [2.24, 2.45) is 11.8 Å². The minimum Gasteiger partial charge on any atom is -0.493 e. The van der Waals surface area contributed by atoms with Crippen LogP contribution in [0, 0.1) is 5.92 Å². The lowest BCUT2D eigenvalue weighted by Gasteiger charge is -2.31. The highest BCUT2D eigenvalue weighted by Crippen LogP contribution is 2.30. The predicted octanol–water partition coefficient (Wildman–Crippen LogP) is 2.48. The quantitative estimate of drug-likeness (QED) is 0.445. The summed E-state index contributed by atoms with van der Waals surface area (Å²) in [6.07, 6.45) is 1.66. The third-order valence-corrected chi connectivity index (χ3v) is 4.97. The average Bonchev–Trinajstić information content (AvgIpc) is 2.73. The standard InChI is InChI=1S/C21H27N3O3/c1-26-20-13-17(14-24-11-9-18(10-12-24)21(25)23-22)7-8-19(20)27-15-16-5-3-2-4-6-16/h2-8,13,18H,9-12,14-15,22H2,1H3,(H,23,25). The molecule has 1 fully saturated rings. The zero-order valence-corrected chi connectivity index (χ0v) is 15.7. The first-order valence-electron chi connectivity index (χ1n) is 9.26. The van der Waals surface area contributed by atoms with Crippen molar-refractivity contribution >= 4 is 5.91 Å². The number of hydrogen-bond donors (Lipinski definition) is 2. The summed E-state index contributed by atoms with van der Waals surface area (Å²) < 4.78 is 11.4. The number of methoxy groups -OCH3 is 1. The van der Waals surface area contributed by atoms with Crippen LogP contribution in [0.5, 0.6) is 11.5 Å². The van der Waals surface area contributed by atoms with Crippen molar-refractivity contribution in [2.45, 2.75) is 26.0 Å². The lowest BCUT2D eigenvalue weighted by atomic mass is 9.96. The van der Waals surface area contributed by atoms with Crippen LogP contribution in [-0.2, 0) is 17.9 Å². The van der Waals surface area contributed by atoms with E-state index in [1.807, 2.05) is 42.5 Å². The molecule has 6 nitrogen and oxygen atoms in total. The zero-order valence-electron chi connectivity index (χ0n) is 15.7. The average molecular weight is 369 g/mol. The van der Waals surface area contributed by atoms with E-state index in [9.17, 15) is 4.79 Å². The van der Waals surface area contributed by atoms with Crippen molar-refractivity contribution in [3.8, 4) is 11.5 Å². The topological polar surface area (TPSA) is 76.8 Å². The number of carbonyl (C=O) groups is 1. The molecule has 3 N–H and O–H groups in total. The largest absolute Gasteiger partial charge is 0.493 e. The molecule has 2 aromatic carbocycles. The van der Waals surface area contributed by atoms with Gasteiger partial charge in [-0.15, -0.1) is 0 Å². The van der Waals surface area contributed by atoms with Gasteiger partial charge in [-0.3, -0.25) is 15.1 Å². The van der Waals surface area contributed by atoms with Crippen LogP contribution in [0.2, 0.25) is 0 Å². The molecule has 0 aliphatic carbocycles. The van der Waals surface area contributed by atoms with Gasteiger partial charge in [-0.2, -0.15) is 0 Å². The Kier molecular flexibility index (Phi) is 6.68. The molecule has 1 saturated heterocycles. The lowest BCUT2D eigenvalue weighted by molar-refractivity contribution is -0.126. The third kappa shape index (κ3) is 5.21. The first-order chi connectivity index (χ1) is 13.2. The maximum atomic E-state index is 11.6. The Morgan fingerprint density at radius 3 is 2.52 bits per heavy atom. The molecule has 0 aromatic heterocycles. The number of hydrogen-bond acceptors (Lipinski definition) is 5. The Bertz CT molecular complexity index is 744. The second-order valence-corrected chi connectivity index (χ2v) is 6.82. The normalized spacial score (nSPS) is 15.3. The zero-order chi connectivity index (χ0) is 19.1. The number of nitrogens with zero attached hydrogens (tertiary/aromatic N) is 1. The molecule has 1 amide bonds. The highest BCUT2D eigenvalue weighted by molar-refractivity contribution is 5.78. The molecule has 1 heterocycles. The van der Waals surface area contributed by atoms with Gasteiger partial charge in [0.25, 0.3) is 0 Å². The molecular weight excluding hydrogens is 342 g/mol. The Morgan fingerprint density at radius 1 is 1.11 bits per heavy atom. The molecular formula is C21H27N3O3. The van der Waals surface area contributed by atoms with Crippen molar-refractivity contribution < 1.29 is 14.3 Å². The summed E-state index contributed by atoms with van der Waals surface area (Å²) in [7, 11) is 1.66. The van der Waals surface area contributed by atoms with Crippen molar-refractivity contribution in [3.63, 3.8) is 0 Å². The van der Waals surface area contributed by atoms with Gasteiger partial charge in [-0.05, 0) is 49.2 Å². The van der Waals surface area contributed by atoms with E-state index in [0.29, 0.717) is 6.61 Å². The van der Waals surface area contributed by atoms with E-state index in [2.05, 4.69) is 16.4 Å². The van der Waals surface area contributed by atoms with E-state index in [1.54, 1.807) is 7.11 Å². The monoisotopic (exact) mass is 369 g/mol. The second kappa shape index (κ2) is 9.39. The molecule has 0 bridgehead atoms. The van der Waals surface area contributed by atoms with E-state index >= 15 is 0 Å². The fourth-order valence-corrected chi connectivity index (χ4v) is 3.39. The van der Waals surface area contributed by atoms with Crippen LogP contribution in [0.25, 0.3) is 0 Å². The first kappa shape index (κ1) is 19.2. The van der Waals surface area contributed by atoms with Crippen LogP contribution >= 0.6 is 0 Å². The molecule has 1 aliphatic rings. The summed E-state index contributed by atoms with van der Waals surface area (Å²) in [5, 5.41) is 0. The molecule has 1 aliphatic heterocycles. The molecule has 0 spiro atoms. The number of benzene rings is 2. The number of likely N-dealkylation sites (tertiary alicyclic amines) is 1. The van der Waals surface area contributed by atoms with Crippen molar-refractivity contribution in [2.75, 3.05) is 20.2 Å². The number of piperidine rings is 1. The highest BCUT2D eigenvalue weighted by Gasteiger charge is 2.24. The Hall–Kier alpha value is -2.57. The maximum absolute atomic E-state index is 11.6. The Morgan fingerprint density at radius 2 is 1.85 bits per heavy atom. The van der Waals surface area contributed by atoms with Gasteiger partial charge in [-0.1, -0.05) is 36.4 Å². The first-order valence-corrected chi connectivity index (χ1v) is 9.26. The number of rotatable bonds is 7. The van der Waals surface area contributed by atoms with E-state index in [0.717, 1.165) is 49.5 Å². The molecule has 3 rings (SSSR count). The van der Waals surface area contributed by atoms with Gasteiger partial charge >= 0.3 is 0 Å². The number of ether oxygens (including phenoxy) is 2. The van der Waals surface area contributed by atoms with Crippen molar-refractivity contribution in [1.82, 2.24) is 10.3 Å². The van der Waals surface area contributed by atoms with Gasteiger partial charge in [-0.25, -0.2) is 5.84 Å². The van der Waals surface area contributed by atoms with Gasteiger partial charge in [0.2, 0.25) is 5.91 Å². The summed E-state index contributed by atoms with van der Waals surface area (Å²) in [6, 6.07) is 16.1. The maximum Gasteiger partial charge on any atom is 0.237 e. The Balaban J connectivity index is 1.57. The minimum absolute atomic E-state index is 0.0227. The van der Waals surface area contributed by atoms with Gasteiger partial charge < -0.3 is 9.47 Å². The van der Waals surface area contributed by atoms with Crippen LogP contribution in [-0.4, -0.2) is 31.0 Å². The van der Waals surface area contributed by atoms with Crippen LogP contribution in [0.4, 0.5) is 0 Å². The number of carbonyl (C=O) groups excluding carboxylic acids is 1. The second-order valence-electron chi connectivity index (χ2n) is 6.82. The van der Waals surface area contributed by atoms with Gasteiger partial charge in [0.15, 0.2) is 11.5 Å². The van der Waals surface area contributed by atoms with Crippen molar-refractivity contribution in [1.29, 1.82) is 0 Å². The molecule has 27 heavy (non-hydrogen) atoms. The Labute approximate surface area is 160 Å². The van der Waals surface area contributed by atoms with Crippen LogP contribution in [0.1, 0.15) is 24.0 Å². The fraction of sp³-hybridized carbons (Fsp3) is 0.381. The van der Waals surface area contributed by atoms with E-state index in [1.165, 1.54) is 5.56 Å². The van der Waals surface area contributed by atoms with Crippen molar-refractivity contribution in [3.05, 3.63) is 59.7 Å². The molecule has 2 aromatic rings. The summed E-state index contributed by atoms with van der Waals surface area (Å²) in [5.41, 5.74) is 4.54. The predicted molar refractivity (Wildman–Crippen MR) is 104 cm³/mol. The summed E-state index contributed by atoms with van der Waals surface area (Å²) in [5.74, 6) is 6.67. The minimum atomic E-state index is -0.0590. The van der Waals surface area contributed by atoms with Gasteiger partial charge in [0, 0.05) is 12.5 Å². The third-order valence-electron chi connectivity index (χ3n) is 4.97. The summed E-state index contributed by atoms with van der Waals surface area (Å²) in [6.45, 7) is 3.10. The van der Waals surface area contributed by atoms with Gasteiger partial charge in [0.1, 0.15) is 6.61 Å². The molecule has 6 heteroatoms. The van der Waals surface area contributed by atoms with Gasteiger partial charge in [0.05, 0.1) is 7.11 Å². The fourth-order valence-electron chi connectivity index (χ4n) is 3.39. The van der Waals surface area contributed by atoms with E-state index in [4.69, 9.17) is 15.3 Å². The van der Waals surface area contributed by atoms with E-state index < -0.39 is 0 Å². The summed E-state index contributed by atoms with van der Waals surface area (Å²) >= 11 is 0. The van der Waals surface area contributed by atoms with Crippen LogP contribution in [0.3, 0.4) is 0 Å². The number of hydrazine groups is 1. The number of nitrogens with one attached hydrogen (secondary N) is 1. The summed E-state index contributed by atoms with van der Waals surface area (Å²) in [4.78, 5) is 14.0. The number of amides is 1. The highest BCUT2D eigenvalue weighted by atomic mass is 16.5. The molecule has 0 saturated carbocycles. The van der Waals surface area contributed by atoms with Crippen LogP contribution < -0.4 is 20.7 Å².